The monoisotopic (exact) mass is 610 g/mol. The zero-order valence-electron chi connectivity index (χ0n) is 25.7. The highest BCUT2D eigenvalue weighted by Crippen LogP contribution is 2.46. The van der Waals surface area contributed by atoms with E-state index in [1.54, 1.807) is 23.6 Å². The molecular formula is C35H39FN6O3. The molecular weight excluding hydrogens is 571 g/mol. The van der Waals surface area contributed by atoms with Crippen molar-refractivity contribution < 1.29 is 18.7 Å². The van der Waals surface area contributed by atoms with Gasteiger partial charge in [0.2, 0.25) is 0 Å². The van der Waals surface area contributed by atoms with E-state index in [0.717, 1.165) is 68.1 Å². The Morgan fingerprint density at radius 3 is 2.73 bits per heavy atom. The molecule has 0 radical (unpaired) electrons. The van der Waals surface area contributed by atoms with Crippen LogP contribution in [0.15, 0.2) is 48.9 Å². The van der Waals surface area contributed by atoms with Crippen molar-refractivity contribution >= 4 is 28.7 Å². The summed E-state index contributed by atoms with van der Waals surface area (Å²) in [6.07, 6.45) is 13.8. The Kier molecular flexibility index (Phi) is 7.21. The number of piperidine rings is 1. The molecule has 7 heterocycles. The summed E-state index contributed by atoms with van der Waals surface area (Å²) in [7, 11) is 0. The van der Waals surface area contributed by atoms with E-state index in [1.165, 1.54) is 25.7 Å². The summed E-state index contributed by atoms with van der Waals surface area (Å²) in [5.74, 6) is 0.823. The summed E-state index contributed by atoms with van der Waals surface area (Å²) in [6.45, 7) is 5.80. The number of aromatic nitrogens is 3. The highest BCUT2D eigenvalue weighted by atomic mass is 19.1. The van der Waals surface area contributed by atoms with Crippen molar-refractivity contribution in [2.75, 3.05) is 36.5 Å². The maximum absolute atomic E-state index is 14.7. The van der Waals surface area contributed by atoms with E-state index in [-0.39, 0.29) is 23.0 Å². The number of aryl methyl sites for hydroxylation is 1. The standard InChI is InChI=1S/C35H39FN6O3/c1-22-9-13-42-28(21-38-33(42)32(22)36)25-6-7-27(31-26(25)20-39-34(31)43)40-30-8-5-24(19-37-30)41-14-11-35(12-15-41)18-29(45-35)23-4-2-3-16-44-17-10-23/h5-9,13,19,21,23,29H,2-4,10-12,14-18,20H2,1H3,(H,37,40)(H,39,43). The first-order chi connectivity index (χ1) is 22.0. The first kappa shape index (κ1) is 28.5. The molecule has 0 saturated carbocycles. The molecule has 4 aliphatic rings. The number of nitrogens with zero attached hydrogens (tertiary/aromatic N) is 4. The van der Waals surface area contributed by atoms with Crippen molar-refractivity contribution in [1.82, 2.24) is 19.7 Å². The van der Waals surface area contributed by atoms with Crippen LogP contribution in [-0.4, -0.2) is 58.3 Å². The van der Waals surface area contributed by atoms with Crippen molar-refractivity contribution in [3.63, 3.8) is 0 Å². The molecule has 8 rings (SSSR count). The highest BCUT2D eigenvalue weighted by Gasteiger charge is 2.49. The summed E-state index contributed by atoms with van der Waals surface area (Å²) in [5.41, 5.74) is 5.66. The van der Waals surface area contributed by atoms with Crippen LogP contribution in [0.3, 0.4) is 0 Å². The van der Waals surface area contributed by atoms with E-state index in [2.05, 4.69) is 26.6 Å². The molecule has 0 bridgehead atoms. The second-order valence-corrected chi connectivity index (χ2v) is 13.1. The maximum Gasteiger partial charge on any atom is 0.254 e. The zero-order chi connectivity index (χ0) is 30.5. The smallest absolute Gasteiger partial charge is 0.254 e. The van der Waals surface area contributed by atoms with E-state index in [9.17, 15) is 9.18 Å². The average molecular weight is 611 g/mol. The van der Waals surface area contributed by atoms with Crippen LogP contribution in [0.4, 0.5) is 21.6 Å². The minimum absolute atomic E-state index is 0.0444. The van der Waals surface area contributed by atoms with Crippen LogP contribution in [0.2, 0.25) is 0 Å². The Hall–Kier alpha value is -4.02. The van der Waals surface area contributed by atoms with E-state index in [4.69, 9.17) is 14.5 Å². The van der Waals surface area contributed by atoms with Gasteiger partial charge < -0.3 is 25.0 Å². The third kappa shape index (κ3) is 5.13. The average Bonchev–Trinajstić information content (AvgIpc) is 3.63. The largest absolute Gasteiger partial charge is 0.381 e. The fraction of sp³-hybridized carbons (Fsp3) is 0.457. The molecule has 3 fully saturated rings. The molecule has 3 saturated heterocycles. The Morgan fingerprint density at radius 2 is 1.91 bits per heavy atom. The summed E-state index contributed by atoms with van der Waals surface area (Å²) in [5, 5.41) is 6.32. The molecule has 2 N–H and O–H groups in total. The van der Waals surface area contributed by atoms with Crippen LogP contribution < -0.4 is 15.5 Å². The van der Waals surface area contributed by atoms with Crippen LogP contribution in [0.25, 0.3) is 16.9 Å². The number of carbonyl (C=O) groups excluding carboxylic acids is 1. The fourth-order valence-electron chi connectivity index (χ4n) is 7.69. The lowest BCUT2D eigenvalue weighted by molar-refractivity contribution is -0.236. The molecule has 4 aromatic rings. The minimum atomic E-state index is -0.340. The van der Waals surface area contributed by atoms with Gasteiger partial charge in [0.05, 0.1) is 46.7 Å². The van der Waals surface area contributed by atoms with Crippen molar-refractivity contribution in [2.45, 2.75) is 70.1 Å². The molecule has 3 aromatic heterocycles. The first-order valence-electron chi connectivity index (χ1n) is 16.3. The molecule has 4 aliphatic heterocycles. The van der Waals surface area contributed by atoms with Crippen molar-refractivity contribution in [1.29, 1.82) is 0 Å². The molecule has 1 aromatic carbocycles. The van der Waals surface area contributed by atoms with Gasteiger partial charge in [-0.05, 0) is 80.3 Å². The number of hydrogen-bond acceptors (Lipinski definition) is 7. The SMILES string of the molecule is Cc1ccn2c(-c3ccc(Nc4ccc(N5CCC6(CC5)CC(C5CCCCOCC5)O6)cn4)c4c3CNC4=O)cnc2c1F. The lowest BCUT2D eigenvalue weighted by Crippen LogP contribution is -2.58. The van der Waals surface area contributed by atoms with Gasteiger partial charge in [0.15, 0.2) is 11.5 Å². The van der Waals surface area contributed by atoms with Crippen LogP contribution in [0, 0.1) is 18.7 Å². The normalized spacial score (nSPS) is 22.9. The Balaban J connectivity index is 0.936. The van der Waals surface area contributed by atoms with Gasteiger partial charge in [-0.1, -0.05) is 12.5 Å². The molecule has 2 atom stereocenters. The number of ether oxygens (including phenoxy) is 2. The summed E-state index contributed by atoms with van der Waals surface area (Å²) in [6, 6.07) is 9.64. The van der Waals surface area contributed by atoms with Gasteiger partial charge in [0, 0.05) is 51.0 Å². The number of rotatable bonds is 5. The molecule has 45 heavy (non-hydrogen) atoms. The third-order valence-corrected chi connectivity index (χ3v) is 10.4. The number of fused-ring (bicyclic) bond motifs is 2. The lowest BCUT2D eigenvalue weighted by Gasteiger charge is -2.54. The number of hydrogen-bond donors (Lipinski definition) is 2. The molecule has 1 amide bonds. The fourth-order valence-corrected chi connectivity index (χ4v) is 7.69. The predicted molar refractivity (Wildman–Crippen MR) is 170 cm³/mol. The number of pyridine rings is 2. The van der Waals surface area contributed by atoms with Gasteiger partial charge in [-0.3, -0.25) is 9.20 Å². The molecule has 1 spiro atoms. The number of imidazole rings is 1. The second kappa shape index (κ2) is 11.4. The third-order valence-electron chi connectivity index (χ3n) is 10.4. The van der Waals surface area contributed by atoms with Gasteiger partial charge in [-0.15, -0.1) is 0 Å². The minimum Gasteiger partial charge on any atom is -0.381 e. The van der Waals surface area contributed by atoms with Gasteiger partial charge in [0.25, 0.3) is 5.91 Å². The first-order valence-corrected chi connectivity index (χ1v) is 16.3. The number of benzene rings is 1. The van der Waals surface area contributed by atoms with E-state index in [0.29, 0.717) is 41.2 Å². The van der Waals surface area contributed by atoms with E-state index in [1.807, 2.05) is 30.6 Å². The number of anilines is 3. The Bertz CT molecular complexity index is 1730. The second-order valence-electron chi connectivity index (χ2n) is 13.1. The number of amides is 1. The van der Waals surface area contributed by atoms with Crippen LogP contribution >= 0.6 is 0 Å². The summed E-state index contributed by atoms with van der Waals surface area (Å²) in [4.78, 5) is 24.4. The molecule has 2 unspecified atom stereocenters. The van der Waals surface area contributed by atoms with Gasteiger partial charge >= 0.3 is 0 Å². The maximum atomic E-state index is 14.7. The van der Waals surface area contributed by atoms with Crippen LogP contribution in [0.5, 0.6) is 0 Å². The highest BCUT2D eigenvalue weighted by molar-refractivity contribution is 6.06. The topological polar surface area (TPSA) is 93.0 Å². The van der Waals surface area contributed by atoms with Crippen molar-refractivity contribution in [3.05, 3.63) is 71.4 Å². The van der Waals surface area contributed by atoms with Crippen molar-refractivity contribution in [3.8, 4) is 11.3 Å². The number of nitrogens with one attached hydrogen (secondary N) is 2. The Morgan fingerprint density at radius 1 is 1.04 bits per heavy atom. The summed E-state index contributed by atoms with van der Waals surface area (Å²) >= 11 is 0. The quantitative estimate of drug-likeness (QED) is 0.279. The zero-order valence-corrected chi connectivity index (χ0v) is 25.7. The van der Waals surface area contributed by atoms with Crippen LogP contribution in [0.1, 0.15) is 66.4 Å². The van der Waals surface area contributed by atoms with Crippen LogP contribution in [-0.2, 0) is 16.0 Å². The summed E-state index contributed by atoms with van der Waals surface area (Å²) < 4.78 is 28.8. The lowest BCUT2D eigenvalue weighted by atomic mass is 9.75. The Labute approximate surface area is 262 Å². The van der Waals surface area contributed by atoms with Crippen molar-refractivity contribution in [2.24, 2.45) is 5.92 Å². The number of halogens is 1. The van der Waals surface area contributed by atoms with E-state index >= 15 is 0 Å². The van der Waals surface area contributed by atoms with Gasteiger partial charge in [-0.25, -0.2) is 14.4 Å². The molecule has 234 valence electrons. The van der Waals surface area contributed by atoms with Gasteiger partial charge in [-0.2, -0.15) is 0 Å². The number of carbonyl (C=O) groups is 1. The molecule has 10 heteroatoms. The molecule has 9 nitrogen and oxygen atoms in total. The predicted octanol–water partition coefficient (Wildman–Crippen LogP) is 6.17. The van der Waals surface area contributed by atoms with Gasteiger partial charge in [0.1, 0.15) is 5.82 Å². The molecule has 0 aliphatic carbocycles. The van der Waals surface area contributed by atoms with E-state index < -0.39 is 0 Å².